The van der Waals surface area contributed by atoms with Crippen molar-refractivity contribution >= 4 is 11.8 Å². The molecule has 220 valence electrons. The largest absolute Gasteiger partial charge is 0.277 e. The minimum Gasteiger partial charge on any atom is -0.277 e. The lowest BCUT2D eigenvalue weighted by molar-refractivity contribution is 0.815. The molecule has 0 atom stereocenters. The fourth-order valence-corrected chi connectivity index (χ4v) is 4.86. The van der Waals surface area contributed by atoms with Crippen LogP contribution in [0.25, 0.3) is 50.8 Å². The van der Waals surface area contributed by atoms with E-state index in [1.54, 1.807) is 6.20 Å². The van der Waals surface area contributed by atoms with Gasteiger partial charge in [0, 0.05) is 29.0 Å². The maximum atomic E-state index is 4.82. The van der Waals surface area contributed by atoms with E-state index < -0.39 is 0 Å². The molecule has 3 aromatic heterocycles. The normalized spacial score (nSPS) is 10.1. The van der Waals surface area contributed by atoms with Crippen molar-refractivity contribution in [3.05, 3.63) is 146 Å². The smallest absolute Gasteiger partial charge is 0.189 e. The SMILES string of the molecule is C.C.CSc1nccc(-n2nc(-c3ccccc3)cc2-c2ccccc2)n1.c1ccc(-c2cc(-c3ccccc3)[nH]n2)cc1. The number of benzene rings is 4. The van der Waals surface area contributed by atoms with E-state index in [1.807, 2.05) is 89.8 Å². The Bertz CT molecular complexity index is 1800. The number of aromatic amines is 1. The predicted molar refractivity (Wildman–Crippen MR) is 185 cm³/mol. The van der Waals surface area contributed by atoms with Gasteiger partial charge < -0.3 is 0 Å². The van der Waals surface area contributed by atoms with Gasteiger partial charge in [0.2, 0.25) is 0 Å². The van der Waals surface area contributed by atoms with Gasteiger partial charge in [-0.05, 0) is 24.0 Å². The van der Waals surface area contributed by atoms with Crippen LogP contribution >= 0.6 is 11.8 Å². The molecule has 0 aliphatic rings. The number of nitrogens with zero attached hydrogens (tertiary/aromatic N) is 5. The van der Waals surface area contributed by atoms with Crippen molar-refractivity contribution < 1.29 is 0 Å². The summed E-state index contributed by atoms with van der Waals surface area (Å²) in [6, 6.07) is 46.9. The number of thioether (sulfide) groups is 1. The highest BCUT2D eigenvalue weighted by molar-refractivity contribution is 7.98. The summed E-state index contributed by atoms with van der Waals surface area (Å²) >= 11 is 1.52. The van der Waals surface area contributed by atoms with Crippen molar-refractivity contribution in [2.45, 2.75) is 20.0 Å². The third-order valence-electron chi connectivity index (χ3n) is 6.60. The van der Waals surface area contributed by atoms with Gasteiger partial charge >= 0.3 is 0 Å². The third kappa shape index (κ3) is 7.38. The van der Waals surface area contributed by atoms with Gasteiger partial charge in [0.1, 0.15) is 0 Å². The molecule has 0 spiro atoms. The van der Waals surface area contributed by atoms with Crippen molar-refractivity contribution in [2.24, 2.45) is 0 Å². The molecule has 44 heavy (non-hydrogen) atoms. The predicted octanol–water partition coefficient (Wildman–Crippen LogP) is 9.73. The fourth-order valence-electron chi connectivity index (χ4n) is 4.51. The first-order valence-electron chi connectivity index (χ1n) is 13.5. The second kappa shape index (κ2) is 15.3. The molecule has 0 saturated carbocycles. The lowest BCUT2D eigenvalue weighted by Crippen LogP contribution is -2.03. The van der Waals surface area contributed by atoms with Gasteiger partial charge in [-0.2, -0.15) is 10.2 Å². The van der Waals surface area contributed by atoms with E-state index in [4.69, 9.17) is 5.10 Å². The zero-order valence-electron chi connectivity index (χ0n) is 23.0. The summed E-state index contributed by atoms with van der Waals surface area (Å²) in [7, 11) is 0. The van der Waals surface area contributed by atoms with Gasteiger partial charge in [0.25, 0.3) is 0 Å². The van der Waals surface area contributed by atoms with E-state index >= 15 is 0 Å². The van der Waals surface area contributed by atoms with E-state index in [9.17, 15) is 0 Å². The molecule has 6 nitrogen and oxygen atoms in total. The Morgan fingerprint density at radius 2 is 1.11 bits per heavy atom. The zero-order chi connectivity index (χ0) is 28.6. The maximum absolute atomic E-state index is 4.82. The highest BCUT2D eigenvalue weighted by Gasteiger charge is 2.14. The fraction of sp³-hybridized carbons (Fsp3) is 0.0811. The Balaban J connectivity index is 0.000000205. The summed E-state index contributed by atoms with van der Waals surface area (Å²) in [6.45, 7) is 0. The molecule has 0 radical (unpaired) electrons. The van der Waals surface area contributed by atoms with E-state index in [0.717, 1.165) is 56.0 Å². The number of aromatic nitrogens is 6. The second-order valence-corrected chi connectivity index (χ2v) is 10.1. The van der Waals surface area contributed by atoms with Crippen molar-refractivity contribution in [3.63, 3.8) is 0 Å². The van der Waals surface area contributed by atoms with Gasteiger partial charge in [0.05, 0.1) is 22.8 Å². The van der Waals surface area contributed by atoms with Crippen LogP contribution in [-0.2, 0) is 0 Å². The van der Waals surface area contributed by atoms with Gasteiger partial charge in [-0.25, -0.2) is 14.6 Å². The van der Waals surface area contributed by atoms with Crippen LogP contribution < -0.4 is 0 Å². The number of nitrogens with one attached hydrogen (secondary N) is 1. The Labute approximate surface area is 263 Å². The Kier molecular flexibility index (Phi) is 11.0. The number of hydrogen-bond acceptors (Lipinski definition) is 5. The number of H-pyrrole nitrogens is 1. The van der Waals surface area contributed by atoms with Crippen LogP contribution in [0.2, 0.25) is 0 Å². The van der Waals surface area contributed by atoms with Crippen molar-refractivity contribution in [2.75, 3.05) is 6.26 Å². The molecule has 4 aromatic carbocycles. The Hall–Kier alpha value is -5.27. The van der Waals surface area contributed by atoms with E-state index in [0.29, 0.717) is 0 Å². The van der Waals surface area contributed by atoms with Crippen LogP contribution in [0.1, 0.15) is 14.9 Å². The highest BCUT2D eigenvalue weighted by Crippen LogP contribution is 2.28. The molecule has 0 aliphatic heterocycles. The lowest BCUT2D eigenvalue weighted by Gasteiger charge is -2.07. The van der Waals surface area contributed by atoms with Gasteiger partial charge in [0.15, 0.2) is 11.0 Å². The maximum Gasteiger partial charge on any atom is 0.189 e. The van der Waals surface area contributed by atoms with Crippen LogP contribution in [0.15, 0.2) is 151 Å². The van der Waals surface area contributed by atoms with Crippen molar-refractivity contribution in [3.8, 4) is 50.8 Å². The molecule has 0 aliphatic carbocycles. The molecule has 3 heterocycles. The highest BCUT2D eigenvalue weighted by atomic mass is 32.2. The summed E-state index contributed by atoms with van der Waals surface area (Å²) in [5.74, 6) is 0.764. The summed E-state index contributed by atoms with van der Waals surface area (Å²) in [5, 5.41) is 13.0. The quantitative estimate of drug-likeness (QED) is 0.153. The van der Waals surface area contributed by atoms with Crippen molar-refractivity contribution in [1.82, 2.24) is 29.9 Å². The van der Waals surface area contributed by atoms with Gasteiger partial charge in [-0.3, -0.25) is 5.10 Å². The van der Waals surface area contributed by atoms with Gasteiger partial charge in [-0.15, -0.1) is 0 Å². The topological polar surface area (TPSA) is 72.3 Å². The van der Waals surface area contributed by atoms with E-state index in [1.165, 1.54) is 11.8 Å². The average molecular weight is 597 g/mol. The molecular formula is C37H36N6S. The summed E-state index contributed by atoms with van der Waals surface area (Å²) in [5.41, 5.74) is 8.41. The number of hydrogen-bond donors (Lipinski definition) is 1. The Morgan fingerprint density at radius 3 is 1.68 bits per heavy atom. The third-order valence-corrected chi connectivity index (χ3v) is 7.16. The molecule has 0 unspecified atom stereocenters. The van der Waals surface area contributed by atoms with Gasteiger partial charge in [-0.1, -0.05) is 148 Å². The monoisotopic (exact) mass is 596 g/mol. The standard InChI is InChI=1S/C20H16N4S.C15H12N2.2CH4/c1-25-20-21-13-12-19(22-20)24-18(16-10-6-3-7-11-16)14-17(23-24)15-8-4-2-5-9-15;1-3-7-12(8-4-1)14-11-15(17-16-14)13-9-5-2-6-10-13;;/h2-14H,1H3;1-11H,(H,16,17);2*1H4. The van der Waals surface area contributed by atoms with E-state index in [-0.39, 0.29) is 14.9 Å². The van der Waals surface area contributed by atoms with Crippen LogP contribution in [0.5, 0.6) is 0 Å². The summed E-state index contributed by atoms with van der Waals surface area (Å²) in [6.07, 6.45) is 3.74. The number of rotatable bonds is 6. The average Bonchev–Trinajstić information content (AvgIpc) is 3.76. The van der Waals surface area contributed by atoms with Crippen molar-refractivity contribution in [1.29, 1.82) is 0 Å². The molecule has 7 aromatic rings. The Morgan fingerprint density at radius 1 is 0.591 bits per heavy atom. The van der Waals surface area contributed by atoms with Crippen LogP contribution in [0.4, 0.5) is 0 Å². The first kappa shape index (κ1) is 31.7. The molecular weight excluding hydrogens is 561 g/mol. The molecule has 0 saturated heterocycles. The lowest BCUT2D eigenvalue weighted by atomic mass is 10.1. The van der Waals surface area contributed by atoms with Crippen LogP contribution in [0.3, 0.4) is 0 Å². The minimum absolute atomic E-state index is 0. The van der Waals surface area contributed by atoms with Crippen LogP contribution in [-0.4, -0.2) is 36.2 Å². The molecule has 7 rings (SSSR count). The van der Waals surface area contributed by atoms with Crippen LogP contribution in [0, 0.1) is 0 Å². The summed E-state index contributed by atoms with van der Waals surface area (Å²) < 4.78 is 1.89. The second-order valence-electron chi connectivity index (χ2n) is 9.36. The van der Waals surface area contributed by atoms with E-state index in [2.05, 4.69) is 80.8 Å². The molecule has 0 amide bonds. The first-order chi connectivity index (χ1) is 20.8. The minimum atomic E-state index is 0. The molecule has 0 fully saturated rings. The summed E-state index contributed by atoms with van der Waals surface area (Å²) in [4.78, 5) is 8.87. The first-order valence-corrected chi connectivity index (χ1v) is 14.8. The zero-order valence-corrected chi connectivity index (χ0v) is 23.8. The molecule has 0 bridgehead atoms. The molecule has 1 N–H and O–H groups in total. The molecule has 7 heteroatoms.